The SMILES string of the molecule is NCC1Cc2cc(-c3cccnc3)cc(F)c2O1. The lowest BCUT2D eigenvalue weighted by atomic mass is 10.0. The van der Waals surface area contributed by atoms with E-state index < -0.39 is 0 Å². The third kappa shape index (κ3) is 1.84. The van der Waals surface area contributed by atoms with Crippen molar-refractivity contribution in [3.63, 3.8) is 0 Å². The first-order valence-electron chi connectivity index (χ1n) is 5.87. The minimum Gasteiger partial charge on any atom is -0.485 e. The van der Waals surface area contributed by atoms with E-state index >= 15 is 0 Å². The minimum absolute atomic E-state index is 0.112. The first kappa shape index (κ1) is 11.2. The van der Waals surface area contributed by atoms with Gasteiger partial charge in [-0.15, -0.1) is 0 Å². The monoisotopic (exact) mass is 244 g/mol. The molecule has 0 aliphatic carbocycles. The van der Waals surface area contributed by atoms with Gasteiger partial charge in [-0.25, -0.2) is 4.39 Å². The number of fused-ring (bicyclic) bond motifs is 1. The normalized spacial score (nSPS) is 17.3. The molecule has 0 fully saturated rings. The minimum atomic E-state index is -0.331. The van der Waals surface area contributed by atoms with Crippen LogP contribution in [0.2, 0.25) is 0 Å². The molecule has 0 saturated carbocycles. The number of hydrogen-bond donors (Lipinski definition) is 1. The fourth-order valence-corrected chi connectivity index (χ4v) is 2.22. The van der Waals surface area contributed by atoms with E-state index in [4.69, 9.17) is 10.5 Å². The molecule has 3 nitrogen and oxygen atoms in total. The molecule has 1 aliphatic heterocycles. The summed E-state index contributed by atoms with van der Waals surface area (Å²) in [5, 5.41) is 0. The highest BCUT2D eigenvalue weighted by Gasteiger charge is 2.25. The zero-order valence-electron chi connectivity index (χ0n) is 9.77. The van der Waals surface area contributed by atoms with Crippen LogP contribution in [0.5, 0.6) is 5.75 Å². The van der Waals surface area contributed by atoms with Gasteiger partial charge >= 0.3 is 0 Å². The Morgan fingerprint density at radius 2 is 2.28 bits per heavy atom. The van der Waals surface area contributed by atoms with Crippen molar-refractivity contribution < 1.29 is 9.13 Å². The van der Waals surface area contributed by atoms with Crippen LogP contribution in [-0.4, -0.2) is 17.6 Å². The van der Waals surface area contributed by atoms with Crippen LogP contribution < -0.4 is 10.5 Å². The Morgan fingerprint density at radius 3 is 3.00 bits per heavy atom. The highest BCUT2D eigenvalue weighted by atomic mass is 19.1. The Bertz CT molecular complexity index is 572. The maximum atomic E-state index is 14.0. The van der Waals surface area contributed by atoms with E-state index in [-0.39, 0.29) is 11.9 Å². The molecule has 1 aromatic heterocycles. The average Bonchev–Trinajstić information content (AvgIpc) is 2.83. The Kier molecular flexibility index (Phi) is 2.72. The summed E-state index contributed by atoms with van der Waals surface area (Å²) < 4.78 is 19.4. The smallest absolute Gasteiger partial charge is 0.165 e. The molecule has 2 N–H and O–H groups in total. The predicted molar refractivity (Wildman–Crippen MR) is 66.8 cm³/mol. The Hall–Kier alpha value is -1.94. The number of rotatable bonds is 2. The number of halogens is 1. The van der Waals surface area contributed by atoms with Gasteiger partial charge in [-0.05, 0) is 23.8 Å². The van der Waals surface area contributed by atoms with Gasteiger partial charge in [0, 0.05) is 36.5 Å². The Morgan fingerprint density at radius 1 is 1.39 bits per heavy atom. The third-order valence-electron chi connectivity index (χ3n) is 3.11. The first-order valence-corrected chi connectivity index (χ1v) is 5.87. The standard InChI is InChI=1S/C14H13FN2O/c15-13-6-10(9-2-1-3-17-8-9)4-11-5-12(7-16)18-14(11)13/h1-4,6,8,12H,5,7,16H2. The van der Waals surface area contributed by atoms with E-state index in [0.29, 0.717) is 18.7 Å². The fourth-order valence-electron chi connectivity index (χ4n) is 2.22. The van der Waals surface area contributed by atoms with Gasteiger partial charge in [0.25, 0.3) is 0 Å². The zero-order chi connectivity index (χ0) is 12.5. The molecule has 1 aromatic carbocycles. The van der Waals surface area contributed by atoms with Crippen LogP contribution in [0.4, 0.5) is 4.39 Å². The summed E-state index contributed by atoms with van der Waals surface area (Å²) in [5.74, 6) is 0.0143. The summed E-state index contributed by atoms with van der Waals surface area (Å²) in [6, 6.07) is 7.17. The summed E-state index contributed by atoms with van der Waals surface area (Å²) in [5.41, 5.74) is 8.15. The fraction of sp³-hybridized carbons (Fsp3) is 0.214. The molecule has 92 valence electrons. The molecule has 0 bridgehead atoms. The van der Waals surface area contributed by atoms with Crippen molar-refractivity contribution in [3.8, 4) is 16.9 Å². The number of nitrogens with zero attached hydrogens (tertiary/aromatic N) is 1. The number of nitrogens with two attached hydrogens (primary N) is 1. The molecular weight excluding hydrogens is 231 g/mol. The van der Waals surface area contributed by atoms with Crippen molar-refractivity contribution in [2.24, 2.45) is 5.73 Å². The second-order valence-corrected chi connectivity index (χ2v) is 4.37. The first-order chi connectivity index (χ1) is 8.78. The largest absolute Gasteiger partial charge is 0.485 e. The maximum absolute atomic E-state index is 14.0. The van der Waals surface area contributed by atoms with Crippen molar-refractivity contribution in [1.82, 2.24) is 4.98 Å². The summed E-state index contributed by atoms with van der Waals surface area (Å²) in [7, 11) is 0. The van der Waals surface area contributed by atoms with Gasteiger partial charge < -0.3 is 10.5 Å². The average molecular weight is 244 g/mol. The number of pyridine rings is 1. The number of benzene rings is 1. The summed E-state index contributed by atoms with van der Waals surface area (Å²) in [4.78, 5) is 4.04. The van der Waals surface area contributed by atoms with E-state index in [2.05, 4.69) is 4.98 Å². The number of ether oxygens (including phenoxy) is 1. The molecule has 2 heterocycles. The van der Waals surface area contributed by atoms with Crippen LogP contribution in [0, 0.1) is 5.82 Å². The highest BCUT2D eigenvalue weighted by Crippen LogP contribution is 2.35. The second-order valence-electron chi connectivity index (χ2n) is 4.37. The lowest BCUT2D eigenvalue weighted by Crippen LogP contribution is -2.24. The van der Waals surface area contributed by atoms with Gasteiger partial charge in [0.1, 0.15) is 6.10 Å². The van der Waals surface area contributed by atoms with Crippen molar-refractivity contribution >= 4 is 0 Å². The second kappa shape index (κ2) is 4.38. The van der Waals surface area contributed by atoms with E-state index in [9.17, 15) is 4.39 Å². The van der Waals surface area contributed by atoms with Gasteiger partial charge in [0.15, 0.2) is 11.6 Å². The van der Waals surface area contributed by atoms with Gasteiger partial charge in [-0.1, -0.05) is 6.07 Å². The van der Waals surface area contributed by atoms with Crippen molar-refractivity contribution in [2.45, 2.75) is 12.5 Å². The number of aromatic nitrogens is 1. The topological polar surface area (TPSA) is 48.1 Å². The molecular formula is C14H13FN2O. The summed E-state index contributed by atoms with van der Waals surface area (Å²) in [6.07, 6.45) is 3.97. The quantitative estimate of drug-likeness (QED) is 0.880. The van der Waals surface area contributed by atoms with Gasteiger partial charge in [-0.3, -0.25) is 4.98 Å². The predicted octanol–water partition coefficient (Wildman–Crippen LogP) is 2.15. The van der Waals surface area contributed by atoms with Crippen LogP contribution in [0.15, 0.2) is 36.7 Å². The molecule has 18 heavy (non-hydrogen) atoms. The van der Waals surface area contributed by atoms with Gasteiger partial charge in [-0.2, -0.15) is 0 Å². The van der Waals surface area contributed by atoms with E-state index in [1.807, 2.05) is 18.2 Å². The molecule has 0 saturated heterocycles. The van der Waals surface area contributed by atoms with E-state index in [1.165, 1.54) is 6.07 Å². The summed E-state index contributed by atoms with van der Waals surface area (Å²) >= 11 is 0. The highest BCUT2D eigenvalue weighted by molar-refractivity contribution is 5.65. The third-order valence-corrected chi connectivity index (χ3v) is 3.11. The van der Waals surface area contributed by atoms with E-state index in [0.717, 1.165) is 16.7 Å². The molecule has 1 aliphatic rings. The molecule has 1 atom stereocenters. The zero-order valence-corrected chi connectivity index (χ0v) is 9.77. The molecule has 0 radical (unpaired) electrons. The van der Waals surface area contributed by atoms with Gasteiger partial charge in [0.05, 0.1) is 0 Å². The Labute approximate surface area is 104 Å². The van der Waals surface area contributed by atoms with Crippen molar-refractivity contribution in [2.75, 3.05) is 6.54 Å². The molecule has 1 unspecified atom stereocenters. The van der Waals surface area contributed by atoms with Crippen LogP contribution in [0.1, 0.15) is 5.56 Å². The van der Waals surface area contributed by atoms with Crippen molar-refractivity contribution in [3.05, 3.63) is 48.0 Å². The maximum Gasteiger partial charge on any atom is 0.165 e. The van der Waals surface area contributed by atoms with Crippen LogP contribution in [0.3, 0.4) is 0 Å². The van der Waals surface area contributed by atoms with Crippen LogP contribution >= 0.6 is 0 Å². The lowest BCUT2D eigenvalue weighted by molar-refractivity contribution is 0.232. The molecule has 3 rings (SSSR count). The molecule has 0 spiro atoms. The van der Waals surface area contributed by atoms with Crippen molar-refractivity contribution in [1.29, 1.82) is 0 Å². The summed E-state index contributed by atoms with van der Waals surface area (Å²) in [6.45, 7) is 0.399. The molecule has 0 amide bonds. The number of hydrogen-bond acceptors (Lipinski definition) is 3. The van der Waals surface area contributed by atoms with Gasteiger partial charge in [0.2, 0.25) is 0 Å². The molecule has 4 heteroatoms. The van der Waals surface area contributed by atoms with E-state index in [1.54, 1.807) is 12.4 Å². The molecule has 2 aromatic rings. The van der Waals surface area contributed by atoms with Crippen LogP contribution in [-0.2, 0) is 6.42 Å². The Balaban J connectivity index is 2.04. The van der Waals surface area contributed by atoms with Crippen LogP contribution in [0.25, 0.3) is 11.1 Å². The lowest BCUT2D eigenvalue weighted by Gasteiger charge is -2.07.